The predicted octanol–water partition coefficient (Wildman–Crippen LogP) is 4.20. The zero-order valence-corrected chi connectivity index (χ0v) is 16.3. The van der Waals surface area contributed by atoms with Crippen molar-refractivity contribution in [2.75, 3.05) is 6.54 Å². The Hall–Kier alpha value is -1.62. The molecule has 0 N–H and O–H groups in total. The Morgan fingerprint density at radius 3 is 2.71 bits per heavy atom. The van der Waals surface area contributed by atoms with Gasteiger partial charge in [0.1, 0.15) is 0 Å². The van der Waals surface area contributed by atoms with E-state index in [2.05, 4.69) is 42.0 Å². The lowest BCUT2D eigenvalue weighted by Gasteiger charge is -2.20. The first kappa shape index (κ1) is 18.7. The summed E-state index contributed by atoms with van der Waals surface area (Å²) in [6.45, 7) is 13.0. The van der Waals surface area contributed by atoms with Crippen molar-refractivity contribution < 1.29 is 4.79 Å². The number of hydrogen-bond acceptors (Lipinski definition) is 3. The van der Waals surface area contributed by atoms with Gasteiger partial charge in [-0.2, -0.15) is 5.10 Å². The van der Waals surface area contributed by atoms with Gasteiger partial charge >= 0.3 is 0 Å². The summed E-state index contributed by atoms with van der Waals surface area (Å²) in [5.74, 6) is 0.792. The van der Waals surface area contributed by atoms with E-state index in [1.807, 2.05) is 24.8 Å². The van der Waals surface area contributed by atoms with Crippen molar-refractivity contribution in [1.82, 2.24) is 14.7 Å². The van der Waals surface area contributed by atoms with Gasteiger partial charge in [-0.05, 0) is 50.1 Å². The fourth-order valence-corrected chi connectivity index (χ4v) is 3.70. The summed E-state index contributed by atoms with van der Waals surface area (Å²) in [5.41, 5.74) is 3.49. The number of thiophene rings is 1. The number of aryl methyl sites for hydroxylation is 1. The quantitative estimate of drug-likeness (QED) is 0.718. The number of carbonyl (C=O) groups excluding carboxylic acids is 1. The summed E-state index contributed by atoms with van der Waals surface area (Å²) < 4.78 is 2.09. The largest absolute Gasteiger partial charge is 0.338 e. The number of aromatic nitrogens is 2. The van der Waals surface area contributed by atoms with Crippen LogP contribution in [-0.4, -0.2) is 27.1 Å². The van der Waals surface area contributed by atoms with Crippen LogP contribution >= 0.6 is 11.3 Å². The van der Waals surface area contributed by atoms with E-state index in [1.165, 1.54) is 16.1 Å². The molecule has 2 rings (SSSR count). The summed E-state index contributed by atoms with van der Waals surface area (Å²) in [4.78, 5) is 15.8. The molecule has 1 amide bonds. The molecule has 0 aromatic carbocycles. The highest BCUT2D eigenvalue weighted by Crippen LogP contribution is 2.18. The lowest BCUT2D eigenvalue weighted by molar-refractivity contribution is -0.131. The summed E-state index contributed by atoms with van der Waals surface area (Å²) in [6, 6.07) is 4.12. The molecular formula is C19H29N3OS. The second kappa shape index (κ2) is 8.47. The smallest absolute Gasteiger partial charge is 0.223 e. The second-order valence-corrected chi connectivity index (χ2v) is 7.74. The van der Waals surface area contributed by atoms with E-state index in [9.17, 15) is 4.79 Å². The molecule has 0 aliphatic carbocycles. The van der Waals surface area contributed by atoms with E-state index in [4.69, 9.17) is 0 Å². The summed E-state index contributed by atoms with van der Waals surface area (Å²) in [7, 11) is 0. The van der Waals surface area contributed by atoms with Crippen LogP contribution in [0.5, 0.6) is 0 Å². The fourth-order valence-electron chi connectivity index (χ4n) is 2.98. The number of rotatable bonds is 8. The van der Waals surface area contributed by atoms with Crippen LogP contribution in [0.15, 0.2) is 17.5 Å². The number of nitrogens with zero attached hydrogens (tertiary/aromatic N) is 3. The standard InChI is InChI=1S/C19H29N3OS/c1-6-21(13-17-8-7-11-24-17)19(23)10-9-18-15(4)20-22(16(18)5)12-14(2)3/h7-8,11,14H,6,9-10,12-13H2,1-5H3. The van der Waals surface area contributed by atoms with Crippen molar-refractivity contribution in [2.24, 2.45) is 5.92 Å². The molecule has 0 spiro atoms. The monoisotopic (exact) mass is 347 g/mol. The van der Waals surface area contributed by atoms with Crippen molar-refractivity contribution in [3.63, 3.8) is 0 Å². The fraction of sp³-hybridized carbons (Fsp3) is 0.579. The minimum absolute atomic E-state index is 0.223. The van der Waals surface area contributed by atoms with Gasteiger partial charge in [0.25, 0.3) is 0 Å². The summed E-state index contributed by atoms with van der Waals surface area (Å²) in [5, 5.41) is 6.71. The average molecular weight is 348 g/mol. The highest BCUT2D eigenvalue weighted by Gasteiger charge is 2.17. The highest BCUT2D eigenvalue weighted by atomic mass is 32.1. The molecule has 0 aliphatic heterocycles. The molecule has 0 unspecified atom stereocenters. The SMILES string of the molecule is CCN(Cc1cccs1)C(=O)CCc1c(C)nn(CC(C)C)c1C. The maximum Gasteiger partial charge on any atom is 0.223 e. The van der Waals surface area contributed by atoms with Crippen LogP contribution in [0.3, 0.4) is 0 Å². The average Bonchev–Trinajstić information content (AvgIpc) is 3.12. The topological polar surface area (TPSA) is 38.1 Å². The highest BCUT2D eigenvalue weighted by molar-refractivity contribution is 7.09. The molecule has 132 valence electrons. The molecular weight excluding hydrogens is 318 g/mol. The van der Waals surface area contributed by atoms with Crippen molar-refractivity contribution in [1.29, 1.82) is 0 Å². The lowest BCUT2D eigenvalue weighted by Crippen LogP contribution is -2.30. The van der Waals surface area contributed by atoms with Gasteiger partial charge in [0.2, 0.25) is 5.91 Å². The third kappa shape index (κ3) is 4.69. The Morgan fingerprint density at radius 1 is 1.38 bits per heavy atom. The van der Waals surface area contributed by atoms with E-state index in [-0.39, 0.29) is 5.91 Å². The van der Waals surface area contributed by atoms with Crippen molar-refractivity contribution in [3.8, 4) is 0 Å². The molecule has 0 radical (unpaired) electrons. The van der Waals surface area contributed by atoms with Gasteiger partial charge in [-0.25, -0.2) is 0 Å². The molecule has 5 heteroatoms. The lowest BCUT2D eigenvalue weighted by atomic mass is 10.1. The number of hydrogen-bond donors (Lipinski definition) is 0. The van der Waals surface area contributed by atoms with Crippen LogP contribution in [0.1, 0.15) is 49.0 Å². The first-order chi connectivity index (χ1) is 11.4. The maximum atomic E-state index is 12.6. The van der Waals surface area contributed by atoms with E-state index >= 15 is 0 Å². The zero-order chi connectivity index (χ0) is 17.7. The minimum Gasteiger partial charge on any atom is -0.338 e. The van der Waals surface area contributed by atoms with Gasteiger partial charge in [-0.3, -0.25) is 9.48 Å². The van der Waals surface area contributed by atoms with Crippen molar-refractivity contribution in [2.45, 2.75) is 60.5 Å². The third-order valence-corrected chi connectivity index (χ3v) is 5.18. The Balaban J connectivity index is 1.99. The van der Waals surface area contributed by atoms with Gasteiger partial charge in [-0.15, -0.1) is 11.3 Å². The zero-order valence-electron chi connectivity index (χ0n) is 15.5. The Bertz CT molecular complexity index is 658. The molecule has 2 heterocycles. The van der Waals surface area contributed by atoms with Gasteiger partial charge in [0.15, 0.2) is 0 Å². The predicted molar refractivity (Wildman–Crippen MR) is 100 cm³/mol. The van der Waals surface area contributed by atoms with Crippen LogP contribution in [0.2, 0.25) is 0 Å². The summed E-state index contributed by atoms with van der Waals surface area (Å²) in [6.07, 6.45) is 1.32. The molecule has 0 aliphatic rings. The first-order valence-corrected chi connectivity index (χ1v) is 9.63. The van der Waals surface area contributed by atoms with E-state index in [0.29, 0.717) is 12.3 Å². The van der Waals surface area contributed by atoms with Gasteiger partial charge in [0.05, 0.1) is 12.2 Å². The molecule has 24 heavy (non-hydrogen) atoms. The molecule has 4 nitrogen and oxygen atoms in total. The van der Waals surface area contributed by atoms with E-state index in [0.717, 1.165) is 31.7 Å². The molecule has 0 saturated heterocycles. The van der Waals surface area contributed by atoms with Gasteiger partial charge in [0, 0.05) is 30.1 Å². The van der Waals surface area contributed by atoms with Crippen molar-refractivity contribution in [3.05, 3.63) is 39.3 Å². The number of amides is 1. The first-order valence-electron chi connectivity index (χ1n) is 8.75. The van der Waals surface area contributed by atoms with Gasteiger partial charge < -0.3 is 4.90 Å². The number of carbonyl (C=O) groups is 1. The molecule has 2 aromatic rings. The van der Waals surface area contributed by atoms with Crippen LogP contribution in [0.25, 0.3) is 0 Å². The molecule has 0 bridgehead atoms. The third-order valence-electron chi connectivity index (χ3n) is 4.32. The van der Waals surface area contributed by atoms with Crippen LogP contribution in [-0.2, 0) is 24.3 Å². The van der Waals surface area contributed by atoms with Crippen LogP contribution in [0.4, 0.5) is 0 Å². The molecule has 0 saturated carbocycles. The molecule has 0 atom stereocenters. The van der Waals surface area contributed by atoms with Crippen molar-refractivity contribution >= 4 is 17.2 Å². The van der Waals surface area contributed by atoms with E-state index < -0.39 is 0 Å². The molecule has 2 aromatic heterocycles. The second-order valence-electron chi connectivity index (χ2n) is 6.71. The van der Waals surface area contributed by atoms with E-state index in [1.54, 1.807) is 11.3 Å². The van der Waals surface area contributed by atoms with Gasteiger partial charge in [-0.1, -0.05) is 19.9 Å². The van der Waals surface area contributed by atoms with Crippen LogP contribution < -0.4 is 0 Å². The Kier molecular flexibility index (Phi) is 6.60. The van der Waals surface area contributed by atoms with Crippen LogP contribution in [0, 0.1) is 19.8 Å². The Labute approximate surface area is 149 Å². The summed E-state index contributed by atoms with van der Waals surface area (Å²) >= 11 is 1.71. The Morgan fingerprint density at radius 2 is 2.12 bits per heavy atom. The maximum absolute atomic E-state index is 12.6. The minimum atomic E-state index is 0.223. The molecule has 0 fully saturated rings. The normalized spacial score (nSPS) is 11.2.